The van der Waals surface area contributed by atoms with Crippen LogP contribution in [0.5, 0.6) is 0 Å². The summed E-state index contributed by atoms with van der Waals surface area (Å²) in [5, 5.41) is 12.6. The Morgan fingerprint density at radius 1 is 0.427 bits per heavy atom. The molecular formula is C65H71FeN5O2P2. The molecule has 0 aliphatic carbocycles. The summed E-state index contributed by atoms with van der Waals surface area (Å²) in [5.74, 6) is 1.75. The van der Waals surface area contributed by atoms with Crippen LogP contribution in [0.2, 0.25) is 0 Å². The molecule has 0 aliphatic rings. The Hall–Kier alpha value is -6.65. The number of para-hydroxylation sites is 2. The summed E-state index contributed by atoms with van der Waals surface area (Å²) in [6.45, 7) is 22.1. The van der Waals surface area contributed by atoms with Crippen LogP contribution in [0.25, 0.3) is 5.32 Å². The van der Waals surface area contributed by atoms with Crippen molar-refractivity contribution in [2.75, 3.05) is 0 Å². The summed E-state index contributed by atoms with van der Waals surface area (Å²) in [6, 6.07) is 78.8. The molecule has 0 aliphatic heterocycles. The Balaban J connectivity index is 0.000000308. The van der Waals surface area contributed by atoms with Crippen molar-refractivity contribution < 1.29 is 17.1 Å². The standard InChI is InChI=1S/C36H30NP2.C29H41N2.Fe.2NO/c1-7-19-31(20-8-1)38(32-21-9-2-10-22-32,33-23-11-3-12-24-33)37-39(34-25-13-4-14-26-34,35-27-15-5-16-28-35)36-29-17-6-18-30-36;1-18(2)24-13-11-14-25(19(3)4)28(24)30-22(9)17-23(10)31-29-26(20(5)6)15-12-16-27(29)21(7)8;;2*1-2/h1-30H;11-21H,1-10H3;;;/q+1;-1;;;/b;22-17-,31-23?;;;. The molecule has 2 radical (unpaired) electrons. The van der Waals surface area contributed by atoms with E-state index in [1.54, 1.807) is 0 Å². The zero-order valence-electron chi connectivity index (χ0n) is 45.0. The molecule has 0 fully saturated rings. The summed E-state index contributed by atoms with van der Waals surface area (Å²) in [7, 11) is -4.99. The van der Waals surface area contributed by atoms with E-state index < -0.39 is 14.5 Å². The largest absolute Gasteiger partial charge is 0.661 e. The molecule has 0 saturated carbocycles. The molecule has 75 heavy (non-hydrogen) atoms. The molecule has 7 nitrogen and oxygen atoms in total. The second-order valence-electron chi connectivity index (χ2n) is 19.2. The number of benzene rings is 8. The molecule has 0 aromatic heterocycles. The summed E-state index contributed by atoms with van der Waals surface area (Å²) < 4.78 is 6.38. The first-order chi connectivity index (χ1) is 35.9. The van der Waals surface area contributed by atoms with Crippen molar-refractivity contribution >= 4 is 63.4 Å². The van der Waals surface area contributed by atoms with E-state index in [4.69, 9.17) is 35.8 Å². The van der Waals surface area contributed by atoms with Crippen LogP contribution < -0.4 is 43.0 Å². The van der Waals surface area contributed by atoms with E-state index in [1.165, 1.54) is 54.1 Å². The third kappa shape index (κ3) is 14.8. The minimum absolute atomic E-state index is 0. The van der Waals surface area contributed by atoms with E-state index in [-0.39, 0.29) is 17.1 Å². The number of hydrogen-bond donors (Lipinski definition) is 0. The number of nitroso groups, excluding NO2 is 2. The van der Waals surface area contributed by atoms with Crippen molar-refractivity contribution in [1.29, 1.82) is 0 Å². The van der Waals surface area contributed by atoms with Gasteiger partial charge in [0, 0.05) is 38.7 Å². The van der Waals surface area contributed by atoms with E-state index >= 15 is 0 Å². The van der Waals surface area contributed by atoms with Crippen LogP contribution in [0.15, 0.2) is 240 Å². The third-order valence-corrected chi connectivity index (χ3v) is 21.1. The van der Waals surface area contributed by atoms with Crippen LogP contribution >= 0.6 is 14.5 Å². The Kier molecular flexibility index (Phi) is 24.4. The number of hydrogen-bond acceptors (Lipinski definition) is 4. The average molecular weight is 1070 g/mol. The number of rotatable bonds is 15. The van der Waals surface area contributed by atoms with Crippen molar-refractivity contribution in [3.8, 4) is 0 Å². The maximum Gasteiger partial charge on any atom is 0.228 e. The Morgan fingerprint density at radius 3 is 1.00 bits per heavy atom. The van der Waals surface area contributed by atoms with Gasteiger partial charge in [0.2, 0.25) is 7.41 Å². The van der Waals surface area contributed by atoms with E-state index in [0.717, 1.165) is 22.8 Å². The topological polar surface area (TPSA) is 118 Å². The number of nitrogens with zero attached hydrogens (tertiary/aromatic N) is 5. The minimum Gasteiger partial charge on any atom is -0.661 e. The Labute approximate surface area is 459 Å². The molecule has 386 valence electrons. The molecular weight excluding hydrogens is 1000 g/mol. The van der Waals surface area contributed by atoms with Gasteiger partial charge in [-0.05, 0) is 78.1 Å². The van der Waals surface area contributed by atoms with Crippen LogP contribution in [-0.4, -0.2) is 5.71 Å². The van der Waals surface area contributed by atoms with Crippen molar-refractivity contribution in [2.45, 2.75) is 92.9 Å². The zero-order chi connectivity index (χ0) is 53.7. The van der Waals surface area contributed by atoms with Gasteiger partial charge < -0.3 is 5.32 Å². The van der Waals surface area contributed by atoms with Gasteiger partial charge in [-0.2, -0.15) is 5.70 Å². The molecule has 8 rings (SSSR count). The molecule has 0 N–H and O–H groups in total. The van der Waals surface area contributed by atoms with Gasteiger partial charge in [0.05, 0.1) is 5.69 Å². The van der Waals surface area contributed by atoms with Gasteiger partial charge >= 0.3 is 0 Å². The maximum atomic E-state index is 7.25. The predicted molar refractivity (Wildman–Crippen MR) is 323 cm³/mol. The molecule has 10 heteroatoms. The fraction of sp³-hybridized carbons (Fsp3) is 0.215. The average Bonchev–Trinajstić information content (AvgIpc) is 3.44. The SMILES string of the molecule is CC(/C=C(/C)[N-]c1c(C(C)C)cccc1C(C)C)=Nc1c(C(C)C)cccc1C(C)C.[Fe].[N]=O.[N]=O.c1ccc(P(=N[P+](c2ccccc2)(c2ccccc2)c2ccccc2)(c2ccccc2)c2ccccc2)cc1. The van der Waals surface area contributed by atoms with Gasteiger partial charge in [-0.15, -0.1) is 20.0 Å². The molecule has 0 atom stereocenters. The Morgan fingerprint density at radius 2 is 0.707 bits per heavy atom. The molecule has 0 bridgehead atoms. The molecule has 0 saturated heterocycles. The quantitative estimate of drug-likeness (QED) is 0.0577. The predicted octanol–water partition coefficient (Wildman–Crippen LogP) is 16.1. The Bertz CT molecular complexity index is 2830. The first kappa shape index (κ1) is 60.9. The second kappa shape index (κ2) is 30.0. The first-order valence-electron chi connectivity index (χ1n) is 25.3. The maximum absolute atomic E-state index is 7.25. The van der Waals surface area contributed by atoms with Crippen LogP contribution in [-0.2, 0) is 17.1 Å². The van der Waals surface area contributed by atoms with Crippen LogP contribution in [0, 0.1) is 9.81 Å². The molecule has 8 aromatic rings. The smallest absolute Gasteiger partial charge is 0.228 e. The van der Waals surface area contributed by atoms with Crippen LogP contribution in [0.3, 0.4) is 0 Å². The van der Waals surface area contributed by atoms with Gasteiger partial charge in [-0.1, -0.05) is 262 Å². The second-order valence-corrected chi connectivity index (χ2v) is 25.6. The fourth-order valence-electron chi connectivity index (χ4n) is 9.27. The van der Waals surface area contributed by atoms with Crippen molar-refractivity contribution in [3.63, 3.8) is 0 Å². The van der Waals surface area contributed by atoms with Gasteiger partial charge in [-0.3, -0.25) is 4.99 Å². The monoisotopic (exact) mass is 1070 g/mol. The molecule has 8 aromatic carbocycles. The van der Waals surface area contributed by atoms with Crippen molar-refractivity contribution in [3.05, 3.63) is 268 Å². The van der Waals surface area contributed by atoms with Crippen molar-refractivity contribution in [2.24, 2.45) is 9.51 Å². The van der Waals surface area contributed by atoms with Gasteiger partial charge in [0.1, 0.15) is 34.2 Å². The third-order valence-electron chi connectivity index (χ3n) is 12.7. The fourth-order valence-corrected chi connectivity index (χ4v) is 18.8. The van der Waals surface area contributed by atoms with Crippen LogP contribution in [0.1, 0.15) is 115 Å². The van der Waals surface area contributed by atoms with E-state index in [2.05, 4.69) is 294 Å². The van der Waals surface area contributed by atoms with Gasteiger partial charge in [0.15, 0.2) is 0 Å². The van der Waals surface area contributed by atoms with Gasteiger partial charge in [-0.25, -0.2) is 0 Å². The molecule has 0 amide bonds. The number of allylic oxidation sites excluding steroid dienone is 2. The molecule has 0 spiro atoms. The summed E-state index contributed by atoms with van der Waals surface area (Å²) in [5.41, 5.74) is 21.0. The van der Waals surface area contributed by atoms with E-state index in [9.17, 15) is 0 Å². The summed E-state index contributed by atoms with van der Waals surface area (Å²) >= 11 is 0. The minimum atomic E-state index is -2.50. The zero-order valence-corrected chi connectivity index (χ0v) is 47.9. The van der Waals surface area contributed by atoms with E-state index in [1.807, 2.05) is 0 Å². The molecule has 0 heterocycles. The van der Waals surface area contributed by atoms with E-state index in [0.29, 0.717) is 23.7 Å². The first-order valence-corrected chi connectivity index (χ1v) is 28.8. The van der Waals surface area contributed by atoms with Gasteiger partial charge in [0.25, 0.3) is 0 Å². The molecule has 0 unspecified atom stereocenters. The van der Waals surface area contributed by atoms with Crippen LogP contribution in [0.4, 0.5) is 11.4 Å². The normalized spacial score (nSPS) is 11.5. The summed E-state index contributed by atoms with van der Waals surface area (Å²) in [6.07, 6.45) is 2.11. The van der Waals surface area contributed by atoms with Crippen molar-refractivity contribution in [1.82, 2.24) is 11.2 Å². The number of aliphatic imine (C=N–C) groups is 1. The summed E-state index contributed by atoms with van der Waals surface area (Å²) in [4.78, 5) is 19.6.